The van der Waals surface area contributed by atoms with Crippen LogP contribution < -0.4 is 10.6 Å². The Bertz CT molecular complexity index is 1490. The highest BCUT2D eigenvalue weighted by molar-refractivity contribution is 5.75. The zero-order valence-corrected chi connectivity index (χ0v) is 21.1. The Morgan fingerprint density at radius 2 is 1.46 bits per heavy atom. The number of H-pyrrole nitrogens is 2. The Morgan fingerprint density at radius 3 is 2.22 bits per heavy atom. The minimum Gasteiger partial charge on any atom is -0.340 e. The van der Waals surface area contributed by atoms with Crippen LogP contribution in [0.2, 0.25) is 0 Å². The number of quaternary nitrogens is 2. The second-order valence-corrected chi connectivity index (χ2v) is 12.3. The topological polar surface area (TPSA) is 90.6 Å². The van der Waals surface area contributed by atoms with Gasteiger partial charge in [0.2, 0.25) is 0 Å². The highest BCUT2D eigenvalue weighted by atomic mass is 15.1. The fraction of sp³-hybridized carbons (Fsp3) is 0.419. The van der Waals surface area contributed by atoms with E-state index < -0.39 is 0 Å². The predicted octanol–water partition coefficient (Wildman–Crippen LogP) is 3.42. The van der Waals surface area contributed by atoms with Gasteiger partial charge >= 0.3 is 0 Å². The number of aromatic amines is 2. The van der Waals surface area contributed by atoms with Gasteiger partial charge < -0.3 is 20.6 Å². The molecule has 37 heavy (non-hydrogen) atoms. The first-order valence-corrected chi connectivity index (χ1v) is 14.3. The molecule has 5 aliphatic rings. The number of rotatable bonds is 4. The maximum Gasteiger partial charge on any atom is 0.165 e. The number of nitrogens with zero attached hydrogens (tertiary/aromatic N) is 2. The van der Waals surface area contributed by atoms with Crippen molar-refractivity contribution in [1.29, 1.82) is 0 Å². The van der Waals surface area contributed by atoms with Gasteiger partial charge in [0.25, 0.3) is 0 Å². The molecule has 0 spiro atoms. The van der Waals surface area contributed by atoms with E-state index in [-0.39, 0.29) is 0 Å². The molecule has 6 heteroatoms. The Labute approximate surface area is 216 Å². The van der Waals surface area contributed by atoms with E-state index in [2.05, 4.69) is 63.1 Å². The number of imidazole rings is 2. The van der Waals surface area contributed by atoms with E-state index in [0.29, 0.717) is 12.1 Å². The van der Waals surface area contributed by atoms with Gasteiger partial charge in [-0.2, -0.15) is 0 Å². The van der Waals surface area contributed by atoms with Gasteiger partial charge in [0.05, 0.1) is 29.7 Å². The number of piperidine rings is 2. The molecule has 6 atom stereocenters. The van der Waals surface area contributed by atoms with Gasteiger partial charge in [-0.1, -0.05) is 42.5 Å². The summed E-state index contributed by atoms with van der Waals surface area (Å²) in [4.78, 5) is 17.2. The van der Waals surface area contributed by atoms with E-state index in [1.54, 1.807) is 0 Å². The highest BCUT2D eigenvalue weighted by Gasteiger charge is 2.52. The molecular formula is C31H34N6+2. The van der Waals surface area contributed by atoms with Gasteiger partial charge in [0.15, 0.2) is 11.6 Å². The molecule has 9 rings (SSSR count). The fourth-order valence-corrected chi connectivity index (χ4v) is 7.56. The molecule has 2 saturated carbocycles. The van der Waals surface area contributed by atoms with Gasteiger partial charge in [0.1, 0.15) is 12.1 Å². The van der Waals surface area contributed by atoms with Gasteiger partial charge in [-0.05, 0) is 41.5 Å². The molecule has 6 N–H and O–H groups in total. The molecule has 3 aliphatic carbocycles. The summed E-state index contributed by atoms with van der Waals surface area (Å²) in [7, 11) is 0. The van der Waals surface area contributed by atoms with Crippen LogP contribution in [0.4, 0.5) is 0 Å². The van der Waals surface area contributed by atoms with E-state index in [9.17, 15) is 0 Å². The summed E-state index contributed by atoms with van der Waals surface area (Å²) in [6, 6.07) is 18.7. The number of nitrogens with two attached hydrogens (primary N) is 2. The molecule has 4 heterocycles. The number of hydrogen-bond acceptors (Lipinski definition) is 2. The number of hydrogen-bond donors (Lipinski definition) is 4. The van der Waals surface area contributed by atoms with Crippen LogP contribution in [-0.2, 0) is 12.8 Å². The quantitative estimate of drug-likeness (QED) is 0.353. The summed E-state index contributed by atoms with van der Waals surface area (Å²) in [6.07, 6.45) is 10.8. The van der Waals surface area contributed by atoms with E-state index in [0.717, 1.165) is 48.3 Å². The number of aromatic nitrogens is 4. The molecule has 0 bridgehead atoms. The van der Waals surface area contributed by atoms with Gasteiger partial charge in [0, 0.05) is 48.8 Å². The van der Waals surface area contributed by atoms with Crippen molar-refractivity contribution in [3.63, 3.8) is 0 Å². The van der Waals surface area contributed by atoms with E-state index in [4.69, 9.17) is 9.97 Å². The van der Waals surface area contributed by atoms with Crippen LogP contribution in [0.1, 0.15) is 67.1 Å². The minimum atomic E-state index is 0.518. The Hall–Kier alpha value is -3.22. The normalized spacial score (nSPS) is 30.8. The van der Waals surface area contributed by atoms with Gasteiger partial charge in [-0.25, -0.2) is 9.97 Å². The van der Waals surface area contributed by atoms with E-state index >= 15 is 0 Å². The number of fused-ring (bicyclic) bond motifs is 5. The van der Waals surface area contributed by atoms with Crippen LogP contribution in [-0.4, -0.2) is 32.0 Å². The number of aryl methyl sites for hydroxylation is 2. The van der Waals surface area contributed by atoms with Crippen molar-refractivity contribution >= 4 is 0 Å². The summed E-state index contributed by atoms with van der Waals surface area (Å²) in [5.41, 5.74) is 10.2. The molecule has 2 saturated heterocycles. The SMILES string of the molecule is c1cc(-c2cnc(C3CC4CC4[NH2+]3)[nH]2)ccc1-c1ccc2c(c1)CCCc1[nH]c(C3CC4CC4[NH2+]3)nc1-2. The number of nitrogens with one attached hydrogen (secondary N) is 2. The van der Waals surface area contributed by atoms with Crippen molar-refractivity contribution in [2.75, 3.05) is 0 Å². The monoisotopic (exact) mass is 490 g/mol. The van der Waals surface area contributed by atoms with Crippen LogP contribution in [0.3, 0.4) is 0 Å². The Balaban J connectivity index is 0.975. The lowest BCUT2D eigenvalue weighted by Crippen LogP contribution is -2.84. The largest absolute Gasteiger partial charge is 0.340 e. The van der Waals surface area contributed by atoms with Gasteiger partial charge in [-0.3, -0.25) is 0 Å². The third kappa shape index (κ3) is 3.46. The second-order valence-electron chi connectivity index (χ2n) is 12.3. The second kappa shape index (κ2) is 7.65. The molecule has 4 aromatic rings. The van der Waals surface area contributed by atoms with Crippen LogP contribution in [0.5, 0.6) is 0 Å². The molecule has 0 radical (unpaired) electrons. The molecule has 186 valence electrons. The molecule has 2 aromatic carbocycles. The molecule has 6 unspecified atom stereocenters. The van der Waals surface area contributed by atoms with Crippen LogP contribution in [0.15, 0.2) is 48.7 Å². The third-order valence-electron chi connectivity index (χ3n) is 9.88. The maximum atomic E-state index is 5.18. The molecule has 6 nitrogen and oxygen atoms in total. The van der Waals surface area contributed by atoms with E-state index in [1.165, 1.54) is 77.1 Å². The average molecular weight is 491 g/mol. The van der Waals surface area contributed by atoms with Crippen molar-refractivity contribution in [3.8, 4) is 33.6 Å². The number of benzene rings is 2. The van der Waals surface area contributed by atoms with Crippen molar-refractivity contribution < 1.29 is 10.6 Å². The van der Waals surface area contributed by atoms with Crippen LogP contribution in [0.25, 0.3) is 33.6 Å². The van der Waals surface area contributed by atoms with E-state index in [1.807, 2.05) is 6.20 Å². The van der Waals surface area contributed by atoms with Crippen molar-refractivity contribution in [1.82, 2.24) is 19.9 Å². The molecular weight excluding hydrogens is 456 g/mol. The first kappa shape index (κ1) is 20.8. The molecule has 2 aliphatic heterocycles. The van der Waals surface area contributed by atoms with Crippen molar-refractivity contribution in [2.24, 2.45) is 11.8 Å². The zero-order valence-electron chi connectivity index (χ0n) is 21.1. The summed E-state index contributed by atoms with van der Waals surface area (Å²) in [5, 5.41) is 5.06. The Morgan fingerprint density at radius 1 is 0.730 bits per heavy atom. The first-order valence-electron chi connectivity index (χ1n) is 14.3. The summed E-state index contributed by atoms with van der Waals surface area (Å²) >= 11 is 0. The standard InChI is InChI=1S/C31H32N6/c1-2-19-10-18(8-9-22(19)29-23(3-1)35-31(37-29)27-14-21-12-25(21)34-27)16-4-6-17(7-5-16)28-15-32-30(36-28)26-13-20-11-24(20)33-26/h4-10,15,20-21,24-27,33-34H,1-3,11-14H2,(H,32,36)(H,35,37)/p+2. The summed E-state index contributed by atoms with van der Waals surface area (Å²) < 4.78 is 0. The Kier molecular flexibility index (Phi) is 4.30. The molecule has 0 amide bonds. The average Bonchev–Trinajstić information content (AvgIpc) is 3.52. The van der Waals surface area contributed by atoms with Gasteiger partial charge in [-0.15, -0.1) is 0 Å². The van der Waals surface area contributed by atoms with Crippen LogP contribution >= 0.6 is 0 Å². The molecule has 4 fully saturated rings. The fourth-order valence-electron chi connectivity index (χ4n) is 7.56. The summed E-state index contributed by atoms with van der Waals surface area (Å²) in [5.74, 6) is 4.20. The lowest BCUT2D eigenvalue weighted by molar-refractivity contribution is -0.696. The molecule has 2 aromatic heterocycles. The van der Waals surface area contributed by atoms with Crippen LogP contribution in [0, 0.1) is 11.8 Å². The van der Waals surface area contributed by atoms with Crippen molar-refractivity contribution in [2.45, 2.75) is 69.1 Å². The third-order valence-corrected chi connectivity index (χ3v) is 9.88. The lowest BCUT2D eigenvalue weighted by Gasteiger charge is -2.10. The zero-order chi connectivity index (χ0) is 24.1. The highest BCUT2D eigenvalue weighted by Crippen LogP contribution is 2.42. The maximum absolute atomic E-state index is 5.18. The van der Waals surface area contributed by atoms with Crippen molar-refractivity contribution in [3.05, 3.63) is 71.6 Å². The smallest absolute Gasteiger partial charge is 0.165 e. The lowest BCUT2D eigenvalue weighted by atomic mass is 9.95. The summed E-state index contributed by atoms with van der Waals surface area (Å²) in [6.45, 7) is 0. The first-order chi connectivity index (χ1) is 18.2. The minimum absolute atomic E-state index is 0.518. The predicted molar refractivity (Wildman–Crippen MR) is 141 cm³/mol.